The normalized spacial score (nSPS) is 22.0. The molecule has 0 unspecified atom stereocenters. The minimum Gasteiger partial charge on any atom is -0.383 e. The van der Waals surface area contributed by atoms with Gasteiger partial charge in [0.2, 0.25) is 0 Å². The number of likely N-dealkylation sites (tertiary alicyclic amines) is 1. The highest BCUT2D eigenvalue weighted by atomic mass is 16.5. The molecule has 1 aromatic carbocycles. The van der Waals surface area contributed by atoms with Crippen LogP contribution in [0.25, 0.3) is 0 Å². The number of rotatable bonds is 6. The first-order valence-electron chi connectivity index (χ1n) is 9.72. The van der Waals surface area contributed by atoms with Crippen LogP contribution in [0.3, 0.4) is 0 Å². The van der Waals surface area contributed by atoms with Gasteiger partial charge in [-0.15, -0.1) is 0 Å². The molecule has 1 aromatic heterocycles. The largest absolute Gasteiger partial charge is 0.383 e. The van der Waals surface area contributed by atoms with Gasteiger partial charge in [-0.1, -0.05) is 24.3 Å². The SMILES string of the molecule is COCCN1CCC2(CC1)C[C@@H](NCc1nccn1C)c1ccccc12. The number of ether oxygens (including phenoxy) is 1. The second-order valence-corrected chi connectivity index (χ2v) is 7.79. The van der Waals surface area contributed by atoms with Crippen LogP contribution < -0.4 is 5.32 Å². The molecule has 0 saturated carbocycles. The zero-order valence-corrected chi connectivity index (χ0v) is 15.9. The summed E-state index contributed by atoms with van der Waals surface area (Å²) in [7, 11) is 3.85. The predicted octanol–water partition coefficient (Wildman–Crippen LogP) is 2.63. The molecule has 0 radical (unpaired) electrons. The highest BCUT2D eigenvalue weighted by Crippen LogP contribution is 2.50. The number of hydrogen-bond acceptors (Lipinski definition) is 4. The monoisotopic (exact) mass is 354 g/mol. The molecule has 4 rings (SSSR count). The van der Waals surface area contributed by atoms with Crippen molar-refractivity contribution in [1.29, 1.82) is 0 Å². The fourth-order valence-electron chi connectivity index (χ4n) is 4.76. The third-order valence-corrected chi connectivity index (χ3v) is 6.35. The van der Waals surface area contributed by atoms with Crippen LogP contribution in [0.4, 0.5) is 0 Å². The van der Waals surface area contributed by atoms with E-state index in [-0.39, 0.29) is 0 Å². The van der Waals surface area contributed by atoms with Crippen LogP contribution in [0.2, 0.25) is 0 Å². The van der Waals surface area contributed by atoms with Crippen molar-refractivity contribution in [2.24, 2.45) is 7.05 Å². The summed E-state index contributed by atoms with van der Waals surface area (Å²) in [5.74, 6) is 1.10. The predicted molar refractivity (Wildman–Crippen MR) is 103 cm³/mol. The average Bonchev–Trinajstić information content (AvgIpc) is 3.22. The highest BCUT2D eigenvalue weighted by molar-refractivity contribution is 5.42. The molecule has 1 fully saturated rings. The third-order valence-electron chi connectivity index (χ3n) is 6.35. The Labute approximate surface area is 156 Å². The summed E-state index contributed by atoms with van der Waals surface area (Å²) < 4.78 is 7.35. The molecule has 2 aromatic rings. The molecule has 1 aliphatic heterocycles. The van der Waals surface area contributed by atoms with Crippen LogP contribution in [-0.2, 0) is 23.7 Å². The summed E-state index contributed by atoms with van der Waals surface area (Å²) in [5.41, 5.74) is 3.40. The number of methoxy groups -OCH3 is 1. The molecule has 1 atom stereocenters. The molecule has 5 heteroatoms. The maximum atomic E-state index is 5.25. The van der Waals surface area contributed by atoms with Crippen molar-refractivity contribution in [3.63, 3.8) is 0 Å². The highest BCUT2D eigenvalue weighted by Gasteiger charge is 2.45. The maximum absolute atomic E-state index is 5.25. The van der Waals surface area contributed by atoms with Gasteiger partial charge >= 0.3 is 0 Å². The number of nitrogens with zero attached hydrogens (tertiary/aromatic N) is 3. The fourth-order valence-corrected chi connectivity index (χ4v) is 4.76. The summed E-state index contributed by atoms with van der Waals surface area (Å²) in [6.45, 7) is 5.04. The molecule has 140 valence electrons. The van der Waals surface area contributed by atoms with Crippen LogP contribution in [0.1, 0.15) is 42.3 Å². The van der Waals surface area contributed by atoms with E-state index in [1.165, 1.54) is 37.9 Å². The summed E-state index contributed by atoms with van der Waals surface area (Å²) >= 11 is 0. The zero-order valence-electron chi connectivity index (χ0n) is 15.9. The first-order chi connectivity index (χ1) is 12.7. The van der Waals surface area contributed by atoms with E-state index in [2.05, 4.69) is 51.1 Å². The van der Waals surface area contributed by atoms with Gasteiger partial charge in [0, 0.05) is 39.1 Å². The first-order valence-corrected chi connectivity index (χ1v) is 9.72. The number of fused-ring (bicyclic) bond motifs is 2. The lowest BCUT2D eigenvalue weighted by molar-refractivity contribution is 0.107. The van der Waals surface area contributed by atoms with E-state index in [0.29, 0.717) is 11.5 Å². The number of benzene rings is 1. The number of imidazole rings is 1. The molecule has 1 saturated heterocycles. The van der Waals surface area contributed by atoms with E-state index < -0.39 is 0 Å². The molecule has 0 amide bonds. The van der Waals surface area contributed by atoms with E-state index in [4.69, 9.17) is 4.74 Å². The van der Waals surface area contributed by atoms with Crippen molar-refractivity contribution in [2.45, 2.75) is 37.3 Å². The Morgan fingerprint density at radius 3 is 2.81 bits per heavy atom. The quantitative estimate of drug-likeness (QED) is 0.866. The van der Waals surface area contributed by atoms with Crippen molar-refractivity contribution in [3.05, 3.63) is 53.6 Å². The van der Waals surface area contributed by atoms with Gasteiger partial charge in [-0.25, -0.2) is 4.98 Å². The minimum atomic E-state index is 0.333. The summed E-state index contributed by atoms with van der Waals surface area (Å²) in [6, 6.07) is 9.49. The molecule has 2 aliphatic rings. The Bertz CT molecular complexity index is 733. The molecule has 1 N–H and O–H groups in total. The number of hydrogen-bond donors (Lipinski definition) is 1. The van der Waals surface area contributed by atoms with Crippen LogP contribution in [0.15, 0.2) is 36.7 Å². The molecule has 26 heavy (non-hydrogen) atoms. The molecular formula is C21H30N4O. The lowest BCUT2D eigenvalue weighted by atomic mass is 9.73. The Balaban J connectivity index is 1.47. The van der Waals surface area contributed by atoms with Gasteiger partial charge in [0.1, 0.15) is 5.82 Å². The second kappa shape index (κ2) is 7.51. The van der Waals surface area contributed by atoms with Crippen molar-refractivity contribution >= 4 is 0 Å². The minimum absolute atomic E-state index is 0.333. The Morgan fingerprint density at radius 2 is 2.08 bits per heavy atom. The van der Waals surface area contributed by atoms with Gasteiger partial charge in [-0.05, 0) is 48.9 Å². The number of aromatic nitrogens is 2. The van der Waals surface area contributed by atoms with Gasteiger partial charge in [0.15, 0.2) is 0 Å². The van der Waals surface area contributed by atoms with E-state index >= 15 is 0 Å². The van der Waals surface area contributed by atoms with Gasteiger partial charge in [-0.2, -0.15) is 0 Å². The zero-order chi connectivity index (χ0) is 18.0. The van der Waals surface area contributed by atoms with Crippen molar-refractivity contribution < 1.29 is 4.74 Å². The standard InChI is InChI=1S/C21H30N4O/c1-24-12-9-22-20(24)16-23-19-15-21(18-6-4-3-5-17(18)19)7-10-25(11-8-21)13-14-26-2/h3-6,9,12,19,23H,7-8,10-11,13-16H2,1-2H3/t19-/m1/s1. The van der Waals surface area contributed by atoms with Crippen LogP contribution in [-0.4, -0.2) is 47.8 Å². The Hall–Kier alpha value is -1.69. The van der Waals surface area contributed by atoms with Gasteiger partial charge in [0.05, 0.1) is 13.2 Å². The van der Waals surface area contributed by atoms with E-state index in [1.807, 2.05) is 12.4 Å². The fraction of sp³-hybridized carbons (Fsp3) is 0.571. The lowest BCUT2D eigenvalue weighted by Crippen LogP contribution is -2.43. The van der Waals surface area contributed by atoms with Crippen molar-refractivity contribution in [1.82, 2.24) is 19.8 Å². The molecule has 5 nitrogen and oxygen atoms in total. The maximum Gasteiger partial charge on any atom is 0.122 e. The Morgan fingerprint density at radius 1 is 1.27 bits per heavy atom. The summed E-state index contributed by atoms with van der Waals surface area (Å²) in [6.07, 6.45) is 7.57. The van der Waals surface area contributed by atoms with Crippen LogP contribution in [0, 0.1) is 0 Å². The van der Waals surface area contributed by atoms with Crippen molar-refractivity contribution in [3.8, 4) is 0 Å². The van der Waals surface area contributed by atoms with E-state index in [1.54, 1.807) is 12.7 Å². The third kappa shape index (κ3) is 3.31. The number of aryl methyl sites for hydroxylation is 1. The van der Waals surface area contributed by atoms with Gasteiger partial charge < -0.3 is 19.5 Å². The molecule has 0 bridgehead atoms. The van der Waals surface area contributed by atoms with Crippen molar-refractivity contribution in [2.75, 3.05) is 33.4 Å². The molecule has 2 heterocycles. The van der Waals surface area contributed by atoms with E-state index in [9.17, 15) is 0 Å². The smallest absolute Gasteiger partial charge is 0.122 e. The number of nitrogens with one attached hydrogen (secondary N) is 1. The second-order valence-electron chi connectivity index (χ2n) is 7.79. The van der Waals surface area contributed by atoms with Gasteiger partial charge in [0.25, 0.3) is 0 Å². The summed E-state index contributed by atoms with van der Waals surface area (Å²) in [4.78, 5) is 7.00. The van der Waals surface area contributed by atoms with Crippen LogP contribution >= 0.6 is 0 Å². The lowest BCUT2D eigenvalue weighted by Gasteiger charge is -2.40. The molecular weight excluding hydrogens is 324 g/mol. The van der Waals surface area contributed by atoms with Crippen LogP contribution in [0.5, 0.6) is 0 Å². The average molecular weight is 354 g/mol. The Kier molecular flexibility index (Phi) is 5.11. The molecule has 1 aliphatic carbocycles. The summed E-state index contributed by atoms with van der Waals surface area (Å²) in [5, 5.41) is 3.78. The van der Waals surface area contributed by atoms with Gasteiger partial charge in [-0.3, -0.25) is 0 Å². The van der Waals surface area contributed by atoms with E-state index in [0.717, 1.165) is 25.5 Å². The first kappa shape index (κ1) is 17.7. The topological polar surface area (TPSA) is 42.3 Å². The number of piperidine rings is 1. The molecule has 1 spiro atoms.